The number of carboxylic acid groups (broad SMARTS) is 1. The van der Waals surface area contributed by atoms with E-state index in [-0.39, 0.29) is 17.4 Å². The van der Waals surface area contributed by atoms with E-state index in [1.54, 1.807) is 0 Å². The molecule has 0 spiro atoms. The fraction of sp³-hybridized carbons (Fsp3) is 0.500. The van der Waals surface area contributed by atoms with Gasteiger partial charge < -0.3 is 10.4 Å². The zero-order chi connectivity index (χ0) is 15.6. The number of rotatable bonds is 6. The second kappa shape index (κ2) is 5.98. The number of anilines is 1. The average Bonchev–Trinajstić information content (AvgIpc) is 2.80. The maximum atomic E-state index is 12.7. The van der Waals surface area contributed by atoms with Gasteiger partial charge in [-0.1, -0.05) is 13.8 Å². The minimum atomic E-state index is -2.81. The number of aliphatic carboxylic acids is 1. The maximum Gasteiger partial charge on any atom is 0.326 e. The van der Waals surface area contributed by atoms with Crippen LogP contribution in [0.3, 0.4) is 0 Å². The van der Waals surface area contributed by atoms with Crippen molar-refractivity contribution in [1.82, 2.24) is 19.8 Å². The second-order valence-corrected chi connectivity index (χ2v) is 5.01. The Morgan fingerprint density at radius 1 is 1.38 bits per heavy atom. The lowest BCUT2D eigenvalue weighted by Gasteiger charge is -2.16. The van der Waals surface area contributed by atoms with Crippen LogP contribution in [-0.4, -0.2) is 36.9 Å². The normalized spacial score (nSPS) is 13.0. The lowest BCUT2D eigenvalue weighted by Crippen LogP contribution is -2.31. The standard InChI is InChI=1S/C12H15F2N5O2/c1-6(2)5-7(12(20)21)15-8-3-4-9-16-17-11(10(13)14)19(9)18-8/h3-4,6-7,10H,5H2,1-2H3,(H,15,18)(H,20,21)/t7-/m0/s1. The number of hydrogen-bond acceptors (Lipinski definition) is 5. The van der Waals surface area contributed by atoms with Gasteiger partial charge in [0.15, 0.2) is 5.65 Å². The van der Waals surface area contributed by atoms with E-state index in [0.717, 1.165) is 4.52 Å². The molecule has 0 bridgehead atoms. The number of carboxylic acids is 1. The molecule has 2 aromatic heterocycles. The fourth-order valence-electron chi connectivity index (χ4n) is 1.89. The quantitative estimate of drug-likeness (QED) is 0.847. The summed E-state index contributed by atoms with van der Waals surface area (Å²) in [6, 6.07) is 2.08. The third kappa shape index (κ3) is 3.41. The molecule has 2 heterocycles. The van der Waals surface area contributed by atoms with Gasteiger partial charge in [-0.15, -0.1) is 15.3 Å². The van der Waals surface area contributed by atoms with E-state index in [1.807, 2.05) is 13.8 Å². The van der Waals surface area contributed by atoms with Gasteiger partial charge in [0.2, 0.25) is 5.82 Å². The Morgan fingerprint density at radius 3 is 2.67 bits per heavy atom. The maximum absolute atomic E-state index is 12.7. The summed E-state index contributed by atoms with van der Waals surface area (Å²) in [7, 11) is 0. The molecule has 1 atom stereocenters. The van der Waals surface area contributed by atoms with Gasteiger partial charge >= 0.3 is 5.97 Å². The van der Waals surface area contributed by atoms with Gasteiger partial charge in [0, 0.05) is 0 Å². The van der Waals surface area contributed by atoms with E-state index in [9.17, 15) is 13.6 Å². The molecule has 2 N–H and O–H groups in total. The van der Waals surface area contributed by atoms with Crippen LogP contribution in [0.1, 0.15) is 32.5 Å². The summed E-state index contributed by atoms with van der Waals surface area (Å²) >= 11 is 0. The van der Waals surface area contributed by atoms with Gasteiger partial charge in [-0.05, 0) is 24.5 Å². The Hall–Kier alpha value is -2.32. The zero-order valence-electron chi connectivity index (χ0n) is 11.5. The summed E-state index contributed by atoms with van der Waals surface area (Å²) in [5, 5.41) is 22.7. The first-order valence-electron chi connectivity index (χ1n) is 6.38. The highest BCUT2D eigenvalue weighted by Gasteiger charge is 2.21. The summed E-state index contributed by atoms with van der Waals surface area (Å²) in [6.45, 7) is 3.78. The second-order valence-electron chi connectivity index (χ2n) is 5.01. The lowest BCUT2D eigenvalue weighted by molar-refractivity contribution is -0.138. The number of carbonyl (C=O) groups is 1. The molecular weight excluding hydrogens is 284 g/mol. The molecule has 0 fully saturated rings. The minimum absolute atomic E-state index is 0.161. The lowest BCUT2D eigenvalue weighted by atomic mass is 10.0. The van der Waals surface area contributed by atoms with Gasteiger partial charge in [-0.2, -0.15) is 4.52 Å². The van der Waals surface area contributed by atoms with Crippen molar-refractivity contribution in [3.05, 3.63) is 18.0 Å². The highest BCUT2D eigenvalue weighted by molar-refractivity contribution is 5.76. The molecule has 114 valence electrons. The Morgan fingerprint density at radius 2 is 2.10 bits per heavy atom. The highest BCUT2D eigenvalue weighted by Crippen LogP contribution is 2.18. The topological polar surface area (TPSA) is 92.4 Å². The summed E-state index contributed by atoms with van der Waals surface area (Å²) in [4.78, 5) is 11.2. The fourth-order valence-corrected chi connectivity index (χ4v) is 1.89. The average molecular weight is 299 g/mol. The van der Waals surface area contributed by atoms with Crippen molar-refractivity contribution in [2.45, 2.75) is 32.7 Å². The van der Waals surface area contributed by atoms with Crippen molar-refractivity contribution >= 4 is 17.4 Å². The number of nitrogens with zero attached hydrogens (tertiary/aromatic N) is 4. The Bertz CT molecular complexity index is 644. The molecule has 0 aliphatic rings. The number of aromatic nitrogens is 4. The molecule has 0 aromatic carbocycles. The van der Waals surface area contributed by atoms with E-state index >= 15 is 0 Å². The van der Waals surface area contributed by atoms with Crippen LogP contribution in [0.4, 0.5) is 14.6 Å². The largest absolute Gasteiger partial charge is 0.480 e. The van der Waals surface area contributed by atoms with E-state index in [1.165, 1.54) is 12.1 Å². The number of fused-ring (bicyclic) bond motifs is 1. The molecule has 0 radical (unpaired) electrons. The van der Waals surface area contributed by atoms with Crippen molar-refractivity contribution in [3.63, 3.8) is 0 Å². The van der Waals surface area contributed by atoms with E-state index in [2.05, 4.69) is 20.6 Å². The van der Waals surface area contributed by atoms with Crippen LogP contribution in [0.15, 0.2) is 12.1 Å². The van der Waals surface area contributed by atoms with Gasteiger partial charge in [-0.25, -0.2) is 13.6 Å². The first-order chi connectivity index (χ1) is 9.88. The molecule has 0 saturated heterocycles. The van der Waals surface area contributed by atoms with Crippen molar-refractivity contribution in [2.24, 2.45) is 5.92 Å². The van der Waals surface area contributed by atoms with Crippen molar-refractivity contribution in [3.8, 4) is 0 Å². The van der Waals surface area contributed by atoms with Gasteiger partial charge in [-0.3, -0.25) is 0 Å². The molecule has 7 nitrogen and oxygen atoms in total. The number of alkyl halides is 2. The van der Waals surface area contributed by atoms with Crippen LogP contribution in [0.2, 0.25) is 0 Å². The summed E-state index contributed by atoms with van der Waals surface area (Å²) in [5.41, 5.74) is 0.173. The molecule has 0 aliphatic heterocycles. The molecule has 0 amide bonds. The molecule has 0 aliphatic carbocycles. The van der Waals surface area contributed by atoms with Crippen LogP contribution in [0.25, 0.3) is 5.65 Å². The summed E-state index contributed by atoms with van der Waals surface area (Å²) in [6.07, 6.45) is -2.42. The molecular formula is C12H15F2N5O2. The molecule has 0 unspecified atom stereocenters. The van der Waals surface area contributed by atoms with Crippen LogP contribution in [-0.2, 0) is 4.79 Å². The zero-order valence-corrected chi connectivity index (χ0v) is 11.5. The molecule has 2 rings (SSSR count). The van der Waals surface area contributed by atoms with Crippen molar-refractivity contribution in [2.75, 3.05) is 5.32 Å². The number of halogens is 2. The predicted molar refractivity (Wildman–Crippen MR) is 70.2 cm³/mol. The van der Waals surface area contributed by atoms with Crippen LogP contribution in [0, 0.1) is 5.92 Å². The van der Waals surface area contributed by atoms with E-state index in [0.29, 0.717) is 6.42 Å². The number of nitrogens with one attached hydrogen (secondary N) is 1. The predicted octanol–water partition coefficient (Wildman–Crippen LogP) is 1.97. The molecule has 2 aromatic rings. The third-order valence-electron chi connectivity index (χ3n) is 2.81. The summed E-state index contributed by atoms with van der Waals surface area (Å²) < 4.78 is 26.4. The molecule has 0 saturated carbocycles. The highest BCUT2D eigenvalue weighted by atomic mass is 19.3. The first kappa shape index (κ1) is 15.1. The summed E-state index contributed by atoms with van der Waals surface area (Å²) in [5.74, 6) is -1.26. The van der Waals surface area contributed by atoms with Crippen LogP contribution in [0.5, 0.6) is 0 Å². The van der Waals surface area contributed by atoms with Crippen LogP contribution < -0.4 is 5.32 Å². The minimum Gasteiger partial charge on any atom is -0.480 e. The third-order valence-corrected chi connectivity index (χ3v) is 2.81. The molecule has 9 heteroatoms. The monoisotopic (exact) mass is 299 g/mol. The van der Waals surface area contributed by atoms with Crippen molar-refractivity contribution in [1.29, 1.82) is 0 Å². The SMILES string of the molecule is CC(C)C[C@H](Nc1ccc2nnc(C(F)F)n2n1)C(=O)O. The van der Waals surface area contributed by atoms with E-state index in [4.69, 9.17) is 5.11 Å². The first-order valence-corrected chi connectivity index (χ1v) is 6.38. The van der Waals surface area contributed by atoms with Gasteiger partial charge in [0.1, 0.15) is 11.9 Å². The number of hydrogen-bond donors (Lipinski definition) is 2. The van der Waals surface area contributed by atoms with E-state index < -0.39 is 24.3 Å². The smallest absolute Gasteiger partial charge is 0.326 e. The Balaban J connectivity index is 2.29. The van der Waals surface area contributed by atoms with Crippen molar-refractivity contribution < 1.29 is 18.7 Å². The molecule has 21 heavy (non-hydrogen) atoms. The Labute approximate surface area is 119 Å². The van der Waals surface area contributed by atoms with Gasteiger partial charge in [0.25, 0.3) is 6.43 Å². The Kier molecular flexibility index (Phi) is 4.29. The van der Waals surface area contributed by atoms with Crippen LogP contribution >= 0.6 is 0 Å². The van der Waals surface area contributed by atoms with Gasteiger partial charge in [0.05, 0.1) is 0 Å².